The minimum atomic E-state index is -0.551. The van der Waals surface area contributed by atoms with Crippen LogP contribution in [0.4, 0.5) is 0 Å². The van der Waals surface area contributed by atoms with E-state index in [0.717, 1.165) is 14.9 Å². The van der Waals surface area contributed by atoms with Crippen molar-refractivity contribution in [1.29, 1.82) is 0 Å². The monoisotopic (exact) mass is 370 g/mol. The van der Waals surface area contributed by atoms with Crippen LogP contribution in [0.3, 0.4) is 0 Å². The summed E-state index contributed by atoms with van der Waals surface area (Å²) in [5.74, 6) is 1.40. The minimum Gasteiger partial charge on any atom is -0.490 e. The lowest BCUT2D eigenvalue weighted by Crippen LogP contribution is -2.03. The fourth-order valence-electron chi connectivity index (χ4n) is 2.04. The minimum absolute atomic E-state index is 0.551. The van der Waals surface area contributed by atoms with Crippen LogP contribution >= 0.6 is 27.3 Å². The van der Waals surface area contributed by atoms with Gasteiger partial charge in [-0.25, -0.2) is 0 Å². The summed E-state index contributed by atoms with van der Waals surface area (Å²) < 4.78 is 12.2. The average molecular weight is 371 g/mol. The van der Waals surface area contributed by atoms with Gasteiger partial charge in [0.15, 0.2) is 11.5 Å². The lowest BCUT2D eigenvalue weighted by molar-refractivity contribution is 0.178. The molecular weight excluding hydrogens is 352 g/mol. The van der Waals surface area contributed by atoms with Crippen LogP contribution in [0.1, 0.15) is 30.4 Å². The van der Waals surface area contributed by atoms with Gasteiger partial charge >= 0.3 is 0 Å². The normalized spacial score (nSPS) is 12.2. The van der Waals surface area contributed by atoms with Crippen molar-refractivity contribution in [2.75, 3.05) is 13.2 Å². The molecule has 5 heteroatoms. The second kappa shape index (κ2) is 7.82. The van der Waals surface area contributed by atoms with Crippen LogP contribution in [-0.2, 0) is 6.42 Å². The molecule has 114 valence electrons. The first-order valence-electron chi connectivity index (χ1n) is 6.94. The van der Waals surface area contributed by atoms with Gasteiger partial charge in [-0.05, 0) is 53.5 Å². The Morgan fingerprint density at radius 1 is 1.14 bits per heavy atom. The molecule has 0 radical (unpaired) electrons. The van der Waals surface area contributed by atoms with Gasteiger partial charge in [-0.15, -0.1) is 11.3 Å². The van der Waals surface area contributed by atoms with Crippen LogP contribution < -0.4 is 9.47 Å². The average Bonchev–Trinajstić information content (AvgIpc) is 2.86. The quantitative estimate of drug-likeness (QED) is 0.774. The third-order valence-corrected chi connectivity index (χ3v) is 4.69. The smallest absolute Gasteiger partial charge is 0.161 e. The van der Waals surface area contributed by atoms with Crippen LogP contribution in [0.15, 0.2) is 34.1 Å². The molecule has 1 atom stereocenters. The second-order valence-corrected chi connectivity index (χ2v) is 6.43. The number of hydrogen-bond donors (Lipinski definition) is 1. The van der Waals surface area contributed by atoms with Gasteiger partial charge in [-0.1, -0.05) is 6.07 Å². The number of aliphatic hydroxyl groups excluding tert-OH is 1. The summed E-state index contributed by atoms with van der Waals surface area (Å²) in [6, 6.07) is 7.64. The van der Waals surface area contributed by atoms with E-state index in [4.69, 9.17) is 9.47 Å². The number of thiophene rings is 1. The summed E-state index contributed by atoms with van der Waals surface area (Å²) in [7, 11) is 0. The second-order valence-electron chi connectivity index (χ2n) is 4.52. The molecule has 0 aliphatic rings. The molecule has 0 saturated carbocycles. The molecule has 0 saturated heterocycles. The lowest BCUT2D eigenvalue weighted by Gasteiger charge is -2.15. The fourth-order valence-corrected chi connectivity index (χ4v) is 3.53. The van der Waals surface area contributed by atoms with E-state index in [1.807, 2.05) is 43.5 Å². The fraction of sp³-hybridized carbons (Fsp3) is 0.375. The predicted octanol–water partition coefficient (Wildman–Crippen LogP) is 4.58. The van der Waals surface area contributed by atoms with Gasteiger partial charge in [0.25, 0.3) is 0 Å². The Balaban J connectivity index is 2.16. The van der Waals surface area contributed by atoms with Crippen LogP contribution in [0.2, 0.25) is 0 Å². The first kappa shape index (κ1) is 16.3. The summed E-state index contributed by atoms with van der Waals surface area (Å²) in [6.07, 6.45) is 0.0425. The van der Waals surface area contributed by atoms with Gasteiger partial charge in [-0.3, -0.25) is 0 Å². The highest BCUT2D eigenvalue weighted by Crippen LogP contribution is 2.32. The van der Waals surface area contributed by atoms with Crippen molar-refractivity contribution >= 4 is 27.3 Å². The number of hydrogen-bond acceptors (Lipinski definition) is 4. The van der Waals surface area contributed by atoms with Crippen LogP contribution in [-0.4, -0.2) is 18.3 Å². The Morgan fingerprint density at radius 3 is 2.48 bits per heavy atom. The molecule has 1 N–H and O–H groups in total. The molecule has 0 aliphatic heterocycles. The van der Waals surface area contributed by atoms with Gasteiger partial charge in [0.05, 0.1) is 19.3 Å². The zero-order valence-electron chi connectivity index (χ0n) is 12.1. The van der Waals surface area contributed by atoms with E-state index in [2.05, 4.69) is 15.9 Å². The van der Waals surface area contributed by atoms with E-state index in [1.54, 1.807) is 11.3 Å². The van der Waals surface area contributed by atoms with Gasteiger partial charge in [0.1, 0.15) is 0 Å². The number of ether oxygens (including phenoxy) is 2. The van der Waals surface area contributed by atoms with Crippen molar-refractivity contribution in [2.45, 2.75) is 26.4 Å². The predicted molar refractivity (Wildman–Crippen MR) is 89.5 cm³/mol. The summed E-state index contributed by atoms with van der Waals surface area (Å²) in [5.41, 5.74) is 0.839. The molecular formula is C16H19BrO3S. The highest BCUT2D eigenvalue weighted by Gasteiger charge is 2.14. The van der Waals surface area contributed by atoms with E-state index >= 15 is 0 Å². The summed E-state index contributed by atoms with van der Waals surface area (Å²) in [4.78, 5) is 1.14. The molecule has 21 heavy (non-hydrogen) atoms. The van der Waals surface area contributed by atoms with Crippen LogP contribution in [0.25, 0.3) is 0 Å². The van der Waals surface area contributed by atoms with E-state index in [9.17, 15) is 5.11 Å². The molecule has 0 amide bonds. The summed E-state index contributed by atoms with van der Waals surface area (Å²) in [6.45, 7) is 5.03. The molecule has 1 heterocycles. The molecule has 3 nitrogen and oxygen atoms in total. The zero-order chi connectivity index (χ0) is 15.2. The van der Waals surface area contributed by atoms with Crippen LogP contribution in [0, 0.1) is 0 Å². The summed E-state index contributed by atoms with van der Waals surface area (Å²) in [5, 5.41) is 12.4. The molecule has 1 unspecified atom stereocenters. The molecule has 1 aromatic carbocycles. The zero-order valence-corrected chi connectivity index (χ0v) is 14.5. The van der Waals surface area contributed by atoms with Gasteiger partial charge in [0.2, 0.25) is 0 Å². The first-order chi connectivity index (χ1) is 10.1. The maximum Gasteiger partial charge on any atom is 0.161 e. The van der Waals surface area contributed by atoms with Crippen molar-refractivity contribution in [1.82, 2.24) is 0 Å². The Kier molecular flexibility index (Phi) is 6.08. The van der Waals surface area contributed by atoms with Gasteiger partial charge in [0, 0.05) is 21.2 Å². The van der Waals surface area contributed by atoms with Crippen molar-refractivity contribution in [3.63, 3.8) is 0 Å². The first-order valence-corrected chi connectivity index (χ1v) is 8.61. The molecule has 0 bridgehead atoms. The standard InChI is InChI=1S/C16H19BrO3S/c1-3-19-15-6-5-11(7-16(15)20-4-2)14(18)9-13-8-12(17)10-21-13/h5-8,10,14,18H,3-4,9H2,1-2H3. The Bertz CT molecular complexity index is 583. The van der Waals surface area contributed by atoms with E-state index in [0.29, 0.717) is 31.1 Å². The van der Waals surface area contributed by atoms with Gasteiger partial charge in [-0.2, -0.15) is 0 Å². The van der Waals surface area contributed by atoms with Gasteiger partial charge < -0.3 is 14.6 Å². The molecule has 2 aromatic rings. The number of halogens is 1. The third-order valence-electron chi connectivity index (χ3n) is 2.97. The molecule has 0 aliphatic carbocycles. The largest absolute Gasteiger partial charge is 0.490 e. The summed E-state index contributed by atoms with van der Waals surface area (Å²) >= 11 is 5.06. The molecule has 2 rings (SSSR count). The van der Waals surface area contributed by atoms with E-state index in [-0.39, 0.29) is 0 Å². The number of benzene rings is 1. The van der Waals surface area contributed by atoms with Crippen LogP contribution in [0.5, 0.6) is 11.5 Å². The maximum atomic E-state index is 10.4. The molecule has 0 spiro atoms. The SMILES string of the molecule is CCOc1ccc(C(O)Cc2cc(Br)cs2)cc1OCC. The van der Waals surface area contributed by atoms with Crippen molar-refractivity contribution in [3.8, 4) is 11.5 Å². The van der Waals surface area contributed by atoms with Crippen molar-refractivity contribution in [3.05, 3.63) is 44.6 Å². The highest BCUT2D eigenvalue weighted by atomic mass is 79.9. The van der Waals surface area contributed by atoms with E-state index < -0.39 is 6.10 Å². The maximum absolute atomic E-state index is 10.4. The Labute approximate surface area is 137 Å². The highest BCUT2D eigenvalue weighted by molar-refractivity contribution is 9.10. The van der Waals surface area contributed by atoms with Crippen molar-refractivity contribution in [2.24, 2.45) is 0 Å². The van der Waals surface area contributed by atoms with Crippen molar-refractivity contribution < 1.29 is 14.6 Å². The Morgan fingerprint density at radius 2 is 1.86 bits per heavy atom. The topological polar surface area (TPSA) is 38.7 Å². The number of rotatable bonds is 7. The number of aliphatic hydroxyl groups is 1. The lowest BCUT2D eigenvalue weighted by atomic mass is 10.1. The van der Waals surface area contributed by atoms with E-state index in [1.165, 1.54) is 0 Å². The third kappa shape index (κ3) is 4.46. The Hall–Kier alpha value is -1.04. The molecule has 0 fully saturated rings. The molecule has 1 aromatic heterocycles.